The van der Waals surface area contributed by atoms with Gasteiger partial charge in [0.15, 0.2) is 5.03 Å². The van der Waals surface area contributed by atoms with E-state index in [4.69, 9.17) is 18.0 Å². The lowest BCUT2D eigenvalue weighted by atomic mass is 9.91. The molecule has 1 aromatic rings. The number of aryl methyl sites for hydroxylation is 1. The van der Waals surface area contributed by atoms with Crippen molar-refractivity contribution in [1.29, 1.82) is 0 Å². The Hall–Kier alpha value is -0.990. The summed E-state index contributed by atoms with van der Waals surface area (Å²) in [6, 6.07) is 0. The van der Waals surface area contributed by atoms with E-state index in [1.165, 1.54) is 6.20 Å². The Labute approximate surface area is 124 Å². The third kappa shape index (κ3) is 3.18. The number of aromatic nitrogens is 2. The molecule has 1 aliphatic carbocycles. The Morgan fingerprint density at radius 3 is 2.45 bits per heavy atom. The van der Waals surface area contributed by atoms with E-state index in [-0.39, 0.29) is 10.0 Å². The van der Waals surface area contributed by atoms with Crippen molar-refractivity contribution in [2.45, 2.75) is 56.0 Å². The molecule has 1 aliphatic rings. The van der Waals surface area contributed by atoms with Crippen LogP contribution in [0.4, 0.5) is 0 Å². The van der Waals surface area contributed by atoms with Gasteiger partial charge >= 0.3 is 0 Å². The summed E-state index contributed by atoms with van der Waals surface area (Å²) in [5, 5.41) is 0.0508. The Morgan fingerprint density at radius 2 is 2.00 bits per heavy atom. The van der Waals surface area contributed by atoms with Gasteiger partial charge in [0, 0.05) is 0 Å². The molecule has 1 aromatic heterocycles. The molecule has 1 saturated carbocycles. The molecule has 0 aromatic carbocycles. The van der Waals surface area contributed by atoms with E-state index >= 15 is 0 Å². The van der Waals surface area contributed by atoms with Gasteiger partial charge in [0.1, 0.15) is 5.82 Å². The van der Waals surface area contributed by atoms with Crippen LogP contribution in [0.3, 0.4) is 0 Å². The summed E-state index contributed by atoms with van der Waals surface area (Å²) in [4.78, 5) is 6.88. The second kappa shape index (κ2) is 5.79. The maximum Gasteiger partial charge on any atom is 0.258 e. The first-order valence-electron chi connectivity index (χ1n) is 6.71. The van der Waals surface area contributed by atoms with E-state index in [9.17, 15) is 8.42 Å². The molecule has 0 atom stereocenters. The number of nitrogens with two attached hydrogens (primary N) is 1. The summed E-state index contributed by atoms with van der Waals surface area (Å²) in [6.07, 6.45) is 6.60. The number of imidazole rings is 1. The lowest BCUT2D eigenvalue weighted by Gasteiger charge is -2.32. The number of rotatable bonds is 4. The van der Waals surface area contributed by atoms with Crippen molar-refractivity contribution < 1.29 is 8.42 Å². The highest BCUT2D eigenvalue weighted by atomic mass is 32.2. The molecular weight excluding hydrogens is 296 g/mol. The third-order valence-electron chi connectivity index (χ3n) is 3.73. The summed E-state index contributed by atoms with van der Waals surface area (Å²) < 4.78 is 27.6. The lowest BCUT2D eigenvalue weighted by molar-refractivity contribution is 0.440. The predicted octanol–water partition coefficient (Wildman–Crippen LogP) is 1.38. The molecule has 0 aliphatic heterocycles. The number of hydrogen-bond donors (Lipinski definition) is 3. The summed E-state index contributed by atoms with van der Waals surface area (Å²) >= 11 is 5.14. The molecule has 0 unspecified atom stereocenters. The van der Waals surface area contributed by atoms with Crippen LogP contribution in [-0.4, -0.2) is 28.9 Å². The molecule has 20 heavy (non-hydrogen) atoms. The zero-order valence-electron chi connectivity index (χ0n) is 11.5. The first-order chi connectivity index (χ1) is 9.36. The number of nitrogens with one attached hydrogen (secondary N) is 2. The molecule has 6 nitrogen and oxygen atoms in total. The highest BCUT2D eigenvalue weighted by molar-refractivity contribution is 7.89. The third-order valence-corrected chi connectivity index (χ3v) is 5.56. The molecule has 0 amide bonds. The van der Waals surface area contributed by atoms with E-state index in [0.29, 0.717) is 18.7 Å². The van der Waals surface area contributed by atoms with Crippen LogP contribution in [0.2, 0.25) is 0 Å². The average molecular weight is 316 g/mol. The summed E-state index contributed by atoms with van der Waals surface area (Å²) in [6.45, 7) is 1.70. The van der Waals surface area contributed by atoms with Gasteiger partial charge in [0.05, 0.1) is 16.7 Å². The van der Waals surface area contributed by atoms with Gasteiger partial charge in [-0.25, -0.2) is 13.4 Å². The molecule has 4 N–H and O–H groups in total. The van der Waals surface area contributed by atoms with Gasteiger partial charge in [0.25, 0.3) is 10.0 Å². The van der Waals surface area contributed by atoms with Crippen LogP contribution < -0.4 is 10.5 Å². The van der Waals surface area contributed by atoms with E-state index < -0.39 is 15.6 Å². The quantitative estimate of drug-likeness (QED) is 0.575. The van der Waals surface area contributed by atoms with Crippen LogP contribution in [0.1, 0.15) is 44.3 Å². The Kier molecular flexibility index (Phi) is 4.46. The fraction of sp³-hybridized carbons (Fsp3) is 0.667. The molecule has 2 rings (SSSR count). The van der Waals surface area contributed by atoms with Gasteiger partial charge in [-0.3, -0.25) is 0 Å². The fourth-order valence-electron chi connectivity index (χ4n) is 2.58. The highest BCUT2D eigenvalue weighted by Crippen LogP contribution is 2.29. The van der Waals surface area contributed by atoms with Gasteiger partial charge in [-0.05, 0) is 19.8 Å². The fourth-order valence-corrected chi connectivity index (χ4v) is 4.31. The average Bonchev–Trinajstić information content (AvgIpc) is 2.67. The molecule has 0 saturated heterocycles. The Bertz CT molecular complexity index is 586. The topological polar surface area (TPSA) is 101 Å². The summed E-state index contributed by atoms with van der Waals surface area (Å²) in [5.74, 6) is 0.551. The van der Waals surface area contributed by atoms with Gasteiger partial charge in [-0.1, -0.05) is 37.9 Å². The standard InChI is InChI=1S/C12H20N4O2S2/c1-9-14-8-10(15-9)20(17,18)16-12(11(13)19)6-4-2-3-5-7-12/h8,16H,2-7H2,1H3,(H2,13,19)(H,14,15). The SMILES string of the molecule is Cc1ncc(S(=O)(=O)NC2(C(N)=S)CCCCCC2)[nH]1. The second-order valence-corrected chi connectivity index (χ2v) is 7.39. The molecule has 1 heterocycles. The van der Waals surface area contributed by atoms with E-state index in [0.717, 1.165) is 25.7 Å². The van der Waals surface area contributed by atoms with Crippen molar-refractivity contribution in [3.05, 3.63) is 12.0 Å². The van der Waals surface area contributed by atoms with Crippen LogP contribution in [0.25, 0.3) is 0 Å². The first-order valence-corrected chi connectivity index (χ1v) is 8.60. The normalized spacial score (nSPS) is 19.4. The largest absolute Gasteiger partial charge is 0.392 e. The lowest BCUT2D eigenvalue weighted by Crippen LogP contribution is -2.56. The number of nitrogens with zero attached hydrogens (tertiary/aromatic N) is 1. The molecule has 8 heteroatoms. The predicted molar refractivity (Wildman–Crippen MR) is 80.9 cm³/mol. The summed E-state index contributed by atoms with van der Waals surface area (Å²) in [5.41, 5.74) is 5.02. The van der Waals surface area contributed by atoms with Crippen molar-refractivity contribution in [2.24, 2.45) is 5.73 Å². The van der Waals surface area contributed by atoms with Crippen molar-refractivity contribution in [3.63, 3.8) is 0 Å². The molecule has 112 valence electrons. The summed E-state index contributed by atoms with van der Waals surface area (Å²) in [7, 11) is -3.69. The Balaban J connectivity index is 2.30. The minimum atomic E-state index is -3.69. The van der Waals surface area contributed by atoms with Gasteiger partial charge in [0.2, 0.25) is 0 Å². The van der Waals surface area contributed by atoms with E-state index in [1.807, 2.05) is 0 Å². The van der Waals surface area contributed by atoms with Crippen LogP contribution in [0.15, 0.2) is 11.2 Å². The van der Waals surface area contributed by atoms with Crippen LogP contribution in [0.5, 0.6) is 0 Å². The zero-order chi connectivity index (χ0) is 14.8. The minimum absolute atomic E-state index is 0.0508. The minimum Gasteiger partial charge on any atom is -0.392 e. The number of sulfonamides is 1. The van der Waals surface area contributed by atoms with Crippen molar-refractivity contribution in [3.8, 4) is 0 Å². The van der Waals surface area contributed by atoms with Crippen LogP contribution >= 0.6 is 12.2 Å². The van der Waals surface area contributed by atoms with Crippen molar-refractivity contribution in [2.75, 3.05) is 0 Å². The Morgan fingerprint density at radius 1 is 1.40 bits per heavy atom. The number of H-pyrrole nitrogens is 1. The zero-order valence-corrected chi connectivity index (χ0v) is 13.1. The molecular formula is C12H20N4O2S2. The molecule has 1 fully saturated rings. The van der Waals surface area contributed by atoms with Crippen LogP contribution in [-0.2, 0) is 10.0 Å². The van der Waals surface area contributed by atoms with Gasteiger partial charge in [-0.2, -0.15) is 4.72 Å². The molecule has 0 radical (unpaired) electrons. The van der Waals surface area contributed by atoms with Gasteiger partial charge in [-0.15, -0.1) is 0 Å². The van der Waals surface area contributed by atoms with E-state index in [2.05, 4.69) is 14.7 Å². The molecule has 0 bridgehead atoms. The first kappa shape index (κ1) is 15.4. The van der Waals surface area contributed by atoms with E-state index in [1.54, 1.807) is 6.92 Å². The second-order valence-electron chi connectivity index (χ2n) is 5.30. The van der Waals surface area contributed by atoms with Crippen molar-refractivity contribution in [1.82, 2.24) is 14.7 Å². The number of hydrogen-bond acceptors (Lipinski definition) is 4. The van der Waals surface area contributed by atoms with Crippen molar-refractivity contribution >= 4 is 27.2 Å². The highest BCUT2D eigenvalue weighted by Gasteiger charge is 2.38. The molecule has 0 spiro atoms. The monoisotopic (exact) mass is 316 g/mol. The smallest absolute Gasteiger partial charge is 0.258 e. The maximum atomic E-state index is 12.4. The van der Waals surface area contributed by atoms with Gasteiger partial charge < -0.3 is 10.7 Å². The number of aromatic amines is 1. The maximum absolute atomic E-state index is 12.4. The van der Waals surface area contributed by atoms with Crippen LogP contribution in [0, 0.1) is 6.92 Å². The number of thiocarbonyl (C=S) groups is 1.